The van der Waals surface area contributed by atoms with Gasteiger partial charge in [0.15, 0.2) is 0 Å². The van der Waals surface area contributed by atoms with Crippen LogP contribution in [0.1, 0.15) is 32.1 Å². The standard InChI is InChI=1S/C19H27NO4Si/c1-25(2,16-9-4-3-5-10-16)13-7-6-8-15(21)14-18(22)20-17-11-12-24-19(17)23/h3-5,9-10,17H,6-8,11-14H2,1-2H3,(H,20,22). The summed E-state index contributed by atoms with van der Waals surface area (Å²) >= 11 is 0. The van der Waals surface area contributed by atoms with Gasteiger partial charge in [-0.15, -0.1) is 0 Å². The Hall–Kier alpha value is -1.95. The molecule has 1 aliphatic rings. The number of cyclic esters (lactones) is 1. The lowest BCUT2D eigenvalue weighted by Gasteiger charge is -2.22. The highest BCUT2D eigenvalue weighted by Crippen LogP contribution is 2.15. The predicted molar refractivity (Wildman–Crippen MR) is 99.3 cm³/mol. The van der Waals surface area contributed by atoms with Crippen LogP contribution in [0.5, 0.6) is 0 Å². The number of rotatable bonds is 9. The van der Waals surface area contributed by atoms with Crippen LogP contribution in [-0.2, 0) is 19.1 Å². The Kier molecular flexibility index (Phi) is 6.93. The van der Waals surface area contributed by atoms with Crippen LogP contribution in [0.15, 0.2) is 30.3 Å². The number of ketones is 1. The van der Waals surface area contributed by atoms with Crippen LogP contribution >= 0.6 is 0 Å². The molecule has 25 heavy (non-hydrogen) atoms. The Balaban J connectivity index is 1.65. The van der Waals surface area contributed by atoms with Gasteiger partial charge in [-0.3, -0.25) is 9.59 Å². The van der Waals surface area contributed by atoms with Gasteiger partial charge >= 0.3 is 5.97 Å². The van der Waals surface area contributed by atoms with Crippen molar-refractivity contribution >= 4 is 30.9 Å². The van der Waals surface area contributed by atoms with Crippen LogP contribution in [0.3, 0.4) is 0 Å². The first-order chi connectivity index (χ1) is 11.9. The van der Waals surface area contributed by atoms with Crippen molar-refractivity contribution in [1.29, 1.82) is 0 Å². The van der Waals surface area contributed by atoms with Crippen molar-refractivity contribution in [3.8, 4) is 0 Å². The van der Waals surface area contributed by atoms with E-state index >= 15 is 0 Å². The average molecular weight is 362 g/mol. The normalized spacial score (nSPS) is 17.2. The van der Waals surface area contributed by atoms with E-state index in [0.717, 1.165) is 18.9 Å². The molecule has 1 aromatic carbocycles. The average Bonchev–Trinajstić information content (AvgIpc) is 2.97. The van der Waals surface area contributed by atoms with E-state index in [0.29, 0.717) is 19.4 Å². The maximum absolute atomic E-state index is 11.9. The molecule has 1 unspecified atom stereocenters. The van der Waals surface area contributed by atoms with Crippen molar-refractivity contribution in [2.24, 2.45) is 0 Å². The highest BCUT2D eigenvalue weighted by Gasteiger charge is 2.28. The SMILES string of the molecule is C[Si](C)(CCCCC(=O)CC(=O)NC1CCOC1=O)c1ccccc1. The first kappa shape index (κ1) is 19.4. The summed E-state index contributed by atoms with van der Waals surface area (Å²) in [6, 6.07) is 11.1. The lowest BCUT2D eigenvalue weighted by atomic mass is 10.1. The first-order valence-corrected chi connectivity index (χ1v) is 12.1. The Morgan fingerprint density at radius 1 is 1.20 bits per heavy atom. The molecule has 5 nitrogen and oxygen atoms in total. The number of hydrogen-bond acceptors (Lipinski definition) is 4. The maximum atomic E-state index is 11.9. The summed E-state index contributed by atoms with van der Waals surface area (Å²) in [4.78, 5) is 35.0. The molecule has 1 saturated heterocycles. The van der Waals surface area contributed by atoms with E-state index in [1.54, 1.807) is 0 Å². The highest BCUT2D eigenvalue weighted by atomic mass is 28.3. The minimum absolute atomic E-state index is 0.0666. The summed E-state index contributed by atoms with van der Waals surface area (Å²) in [6.07, 6.45) is 2.56. The van der Waals surface area contributed by atoms with Gasteiger partial charge in [0.05, 0.1) is 21.1 Å². The molecule has 1 aromatic rings. The molecule has 0 spiro atoms. The van der Waals surface area contributed by atoms with E-state index in [9.17, 15) is 14.4 Å². The third kappa shape index (κ3) is 6.12. The van der Waals surface area contributed by atoms with Gasteiger partial charge in [-0.05, 0) is 6.42 Å². The van der Waals surface area contributed by atoms with Gasteiger partial charge in [0.2, 0.25) is 5.91 Å². The number of Topliss-reactive ketones (excluding diaryl/α,β-unsaturated/α-hetero) is 1. The monoisotopic (exact) mass is 361 g/mol. The fourth-order valence-corrected chi connectivity index (χ4v) is 5.58. The summed E-state index contributed by atoms with van der Waals surface area (Å²) in [5.74, 6) is -0.857. The van der Waals surface area contributed by atoms with Gasteiger partial charge in [-0.1, -0.05) is 61.1 Å². The van der Waals surface area contributed by atoms with Gasteiger partial charge in [-0.25, -0.2) is 4.79 Å². The van der Waals surface area contributed by atoms with E-state index in [4.69, 9.17) is 4.74 Å². The van der Waals surface area contributed by atoms with Crippen molar-refractivity contribution in [2.75, 3.05) is 6.61 Å². The molecule has 1 atom stereocenters. The van der Waals surface area contributed by atoms with Crippen LogP contribution < -0.4 is 10.5 Å². The van der Waals surface area contributed by atoms with E-state index in [1.807, 2.05) is 6.07 Å². The highest BCUT2D eigenvalue weighted by molar-refractivity contribution is 6.89. The molecule has 1 N–H and O–H groups in total. The van der Waals surface area contributed by atoms with Gasteiger partial charge in [-0.2, -0.15) is 0 Å². The van der Waals surface area contributed by atoms with Gasteiger partial charge in [0, 0.05) is 12.8 Å². The Morgan fingerprint density at radius 3 is 2.56 bits per heavy atom. The van der Waals surface area contributed by atoms with Crippen LogP contribution in [0.2, 0.25) is 19.1 Å². The van der Waals surface area contributed by atoms with Crippen molar-refractivity contribution in [2.45, 2.75) is 57.3 Å². The molecule has 0 aliphatic carbocycles. The third-order valence-electron chi connectivity index (χ3n) is 4.69. The fourth-order valence-electron chi connectivity index (χ4n) is 3.06. The zero-order valence-corrected chi connectivity index (χ0v) is 16.0. The Labute approximate surface area is 150 Å². The van der Waals surface area contributed by atoms with E-state index in [1.165, 1.54) is 5.19 Å². The van der Waals surface area contributed by atoms with Crippen molar-refractivity contribution in [1.82, 2.24) is 5.32 Å². The number of amides is 1. The summed E-state index contributed by atoms with van der Waals surface area (Å²) in [5.41, 5.74) is 0. The minimum atomic E-state index is -1.46. The topological polar surface area (TPSA) is 72.5 Å². The zero-order chi connectivity index (χ0) is 18.3. The summed E-state index contributed by atoms with van der Waals surface area (Å²) in [7, 11) is -1.46. The largest absolute Gasteiger partial charge is 0.464 e. The van der Waals surface area contributed by atoms with E-state index < -0.39 is 20.1 Å². The fraction of sp³-hybridized carbons (Fsp3) is 0.526. The number of carbonyl (C=O) groups is 3. The summed E-state index contributed by atoms with van der Waals surface area (Å²) in [5, 5.41) is 4.00. The number of carbonyl (C=O) groups excluding carboxylic acids is 3. The van der Waals surface area contributed by atoms with Gasteiger partial charge in [0.1, 0.15) is 11.8 Å². The number of hydrogen-bond donors (Lipinski definition) is 1. The molecule has 6 heteroatoms. The van der Waals surface area contributed by atoms with E-state index in [-0.39, 0.29) is 18.1 Å². The smallest absolute Gasteiger partial charge is 0.328 e. The number of nitrogens with one attached hydrogen (secondary N) is 1. The van der Waals surface area contributed by atoms with Crippen LogP contribution in [0.25, 0.3) is 0 Å². The Morgan fingerprint density at radius 2 is 1.92 bits per heavy atom. The first-order valence-electron chi connectivity index (χ1n) is 8.92. The predicted octanol–water partition coefficient (Wildman–Crippen LogP) is 2.16. The molecule has 1 amide bonds. The molecule has 0 aromatic heterocycles. The molecular formula is C19H27NO4Si. The number of ether oxygens (including phenoxy) is 1. The second-order valence-electron chi connectivity index (χ2n) is 7.25. The minimum Gasteiger partial charge on any atom is -0.464 e. The maximum Gasteiger partial charge on any atom is 0.328 e. The Bertz CT molecular complexity index is 615. The summed E-state index contributed by atoms with van der Waals surface area (Å²) < 4.78 is 4.78. The number of unbranched alkanes of at least 4 members (excludes halogenated alkanes) is 1. The van der Waals surface area contributed by atoms with Crippen LogP contribution in [-0.4, -0.2) is 38.4 Å². The molecule has 0 saturated carbocycles. The lowest BCUT2D eigenvalue weighted by Crippen LogP contribution is -2.40. The molecular weight excluding hydrogens is 334 g/mol. The van der Waals surface area contributed by atoms with Crippen LogP contribution in [0, 0.1) is 0 Å². The molecule has 1 aliphatic heterocycles. The van der Waals surface area contributed by atoms with Crippen molar-refractivity contribution in [3.63, 3.8) is 0 Å². The molecule has 1 heterocycles. The second-order valence-corrected chi connectivity index (χ2v) is 12.1. The third-order valence-corrected chi connectivity index (χ3v) is 8.19. The molecule has 0 radical (unpaired) electrons. The second kappa shape index (κ2) is 8.94. The van der Waals surface area contributed by atoms with Crippen molar-refractivity contribution in [3.05, 3.63) is 30.3 Å². The van der Waals surface area contributed by atoms with Crippen LogP contribution in [0.4, 0.5) is 0 Å². The van der Waals surface area contributed by atoms with Gasteiger partial charge in [0.25, 0.3) is 0 Å². The van der Waals surface area contributed by atoms with E-state index in [2.05, 4.69) is 42.7 Å². The number of benzene rings is 1. The molecule has 2 rings (SSSR count). The number of esters is 1. The molecule has 0 bridgehead atoms. The lowest BCUT2D eigenvalue weighted by molar-refractivity contribution is -0.142. The quantitative estimate of drug-likeness (QED) is 0.317. The van der Waals surface area contributed by atoms with Gasteiger partial charge < -0.3 is 10.1 Å². The zero-order valence-electron chi connectivity index (χ0n) is 15.0. The molecule has 136 valence electrons. The summed E-state index contributed by atoms with van der Waals surface area (Å²) in [6.45, 7) is 5.02. The van der Waals surface area contributed by atoms with Crippen molar-refractivity contribution < 1.29 is 19.1 Å². The molecule has 1 fully saturated rings.